The molecule has 0 amide bonds. The van der Waals surface area contributed by atoms with Crippen molar-refractivity contribution in [1.82, 2.24) is 0 Å². The largest absolute Gasteiger partial charge is 0.422 e. The average Bonchev–Trinajstić information content (AvgIpc) is 2.77. The lowest BCUT2D eigenvalue weighted by Gasteiger charge is -2.49. The molecule has 43 heavy (non-hydrogen) atoms. The molecular weight excluding hydrogens is 688 g/mol. The number of hydrogen-bond donors (Lipinski definition) is 0. The van der Waals surface area contributed by atoms with E-state index in [2.05, 4.69) is 4.74 Å². The Hall–Kier alpha value is -1.72. The third kappa shape index (κ3) is 8.72. The molecular formula is C18H14F24O. The lowest BCUT2D eigenvalue weighted by Crippen LogP contribution is -2.67. The lowest BCUT2D eigenvalue weighted by molar-refractivity contribution is -0.348. The molecule has 8 unspecified atom stereocenters. The summed E-state index contributed by atoms with van der Waals surface area (Å²) in [4.78, 5) is 0. The summed E-state index contributed by atoms with van der Waals surface area (Å²) in [6, 6.07) is 0. The van der Waals surface area contributed by atoms with Gasteiger partial charge in [0.25, 0.3) is 0 Å². The molecule has 0 bridgehead atoms. The molecule has 25 heteroatoms. The number of hydrogen-bond acceptors (Lipinski definition) is 1. The van der Waals surface area contributed by atoms with Crippen LogP contribution in [0.5, 0.6) is 0 Å². The SMILES string of the molecule is CC(C(OC(C(F)C(F)(F)F)C(C)(C(F)C(F)(F)F)C(F)C(F)(F)F)C(F)C(F)(F)F)(C(F)C(F)(F)F)C(F)C(F)(F)F. The predicted octanol–water partition coefficient (Wildman–Crippen LogP) is 9.16. The van der Waals surface area contributed by atoms with Crippen LogP contribution in [0.4, 0.5) is 105 Å². The molecule has 0 aliphatic rings. The molecule has 0 N–H and O–H groups in total. The van der Waals surface area contributed by atoms with Crippen molar-refractivity contribution in [2.75, 3.05) is 0 Å². The van der Waals surface area contributed by atoms with Crippen molar-refractivity contribution >= 4 is 0 Å². The first-order valence-electron chi connectivity index (χ1n) is 10.3. The molecule has 0 saturated heterocycles. The lowest BCUT2D eigenvalue weighted by atomic mass is 9.70. The van der Waals surface area contributed by atoms with Gasteiger partial charge in [-0.3, -0.25) is 0 Å². The third-order valence-corrected chi connectivity index (χ3v) is 6.01. The standard InChI is InChI=1S/C18H14F24O/c1-11(7(21)15(31,32)33,8(22)16(34,35)36)5(3(19)13(25,26)27)43-6(4(20)14(28,29)30)12(2,9(23)17(37,38)39)10(24)18(40,41)42/h3-10H,1-2H3. The van der Waals surface area contributed by atoms with Crippen LogP contribution < -0.4 is 0 Å². The van der Waals surface area contributed by atoms with E-state index in [-0.39, 0.29) is 0 Å². The van der Waals surface area contributed by atoms with Crippen LogP contribution in [0.25, 0.3) is 0 Å². The van der Waals surface area contributed by atoms with Crippen LogP contribution in [0, 0.1) is 10.8 Å². The van der Waals surface area contributed by atoms with Gasteiger partial charge >= 0.3 is 37.1 Å². The van der Waals surface area contributed by atoms with E-state index in [4.69, 9.17) is 0 Å². The van der Waals surface area contributed by atoms with E-state index in [0.29, 0.717) is 0 Å². The summed E-state index contributed by atoms with van der Waals surface area (Å²) in [6.07, 6.45) is -89.7. The predicted molar refractivity (Wildman–Crippen MR) is 90.6 cm³/mol. The Labute approximate surface area is 222 Å². The van der Waals surface area contributed by atoms with Gasteiger partial charge in [0.05, 0.1) is 10.8 Å². The van der Waals surface area contributed by atoms with Crippen molar-refractivity contribution in [3.8, 4) is 0 Å². The Balaban J connectivity index is 8.20. The first kappa shape index (κ1) is 41.3. The quantitative estimate of drug-likeness (QED) is 0.207. The number of rotatable bonds is 10. The van der Waals surface area contributed by atoms with Gasteiger partial charge in [0.2, 0.25) is 37.0 Å². The van der Waals surface area contributed by atoms with Gasteiger partial charge in [-0.15, -0.1) is 0 Å². The molecule has 0 saturated carbocycles. The summed E-state index contributed by atoms with van der Waals surface area (Å²) >= 11 is 0. The molecule has 0 spiro atoms. The second-order valence-corrected chi connectivity index (χ2v) is 9.21. The average molecular weight is 702 g/mol. The highest BCUT2D eigenvalue weighted by atomic mass is 19.4. The first-order valence-corrected chi connectivity index (χ1v) is 10.3. The molecule has 0 aromatic heterocycles. The topological polar surface area (TPSA) is 9.23 Å². The summed E-state index contributed by atoms with van der Waals surface area (Å²) < 4.78 is 325. The zero-order valence-electron chi connectivity index (χ0n) is 20.1. The van der Waals surface area contributed by atoms with E-state index in [9.17, 15) is 105 Å². The Morgan fingerprint density at radius 1 is 0.326 bits per heavy atom. The molecule has 0 aromatic rings. The highest BCUT2D eigenvalue weighted by Crippen LogP contribution is 2.56. The molecule has 0 aliphatic heterocycles. The number of ether oxygens (including phenoxy) is 1. The van der Waals surface area contributed by atoms with E-state index in [0.717, 1.165) is 0 Å². The van der Waals surface area contributed by atoms with Gasteiger partial charge in [0.1, 0.15) is 12.2 Å². The third-order valence-electron chi connectivity index (χ3n) is 6.01. The molecule has 260 valence electrons. The summed E-state index contributed by atoms with van der Waals surface area (Å²) in [5.74, 6) is 0. The Kier molecular flexibility index (Phi) is 11.7. The van der Waals surface area contributed by atoms with E-state index in [1.807, 2.05) is 0 Å². The maximum atomic E-state index is 14.4. The Morgan fingerprint density at radius 2 is 0.488 bits per heavy atom. The van der Waals surface area contributed by atoms with Crippen molar-refractivity contribution in [2.24, 2.45) is 10.8 Å². The van der Waals surface area contributed by atoms with Crippen molar-refractivity contribution in [3.63, 3.8) is 0 Å². The van der Waals surface area contributed by atoms with Gasteiger partial charge in [0, 0.05) is 0 Å². The van der Waals surface area contributed by atoms with Gasteiger partial charge < -0.3 is 4.74 Å². The van der Waals surface area contributed by atoms with Crippen LogP contribution in [0.15, 0.2) is 0 Å². The van der Waals surface area contributed by atoms with Crippen LogP contribution in [-0.4, -0.2) is 86.3 Å². The van der Waals surface area contributed by atoms with Crippen LogP contribution in [0.1, 0.15) is 13.8 Å². The van der Waals surface area contributed by atoms with Crippen molar-refractivity contribution in [3.05, 3.63) is 0 Å². The summed E-state index contributed by atoms with van der Waals surface area (Å²) in [5.41, 5.74) is -12.1. The fourth-order valence-corrected chi connectivity index (χ4v) is 3.81. The first-order chi connectivity index (χ1) is 18.4. The molecule has 0 fully saturated rings. The summed E-state index contributed by atoms with van der Waals surface area (Å²) in [5, 5.41) is 0. The molecule has 0 radical (unpaired) electrons. The number of alkyl halides is 24. The second-order valence-electron chi connectivity index (χ2n) is 9.21. The zero-order chi connectivity index (χ0) is 35.3. The van der Waals surface area contributed by atoms with Crippen molar-refractivity contribution in [1.29, 1.82) is 0 Å². The van der Waals surface area contributed by atoms with Gasteiger partial charge in [-0.05, 0) is 0 Å². The molecule has 0 aliphatic carbocycles. The van der Waals surface area contributed by atoms with E-state index >= 15 is 0 Å². The Morgan fingerprint density at radius 3 is 0.605 bits per heavy atom. The monoisotopic (exact) mass is 702 g/mol. The van der Waals surface area contributed by atoms with Gasteiger partial charge in [-0.2, -0.15) is 79.0 Å². The van der Waals surface area contributed by atoms with Crippen molar-refractivity contribution < 1.29 is 110 Å². The van der Waals surface area contributed by atoms with Crippen LogP contribution >= 0.6 is 0 Å². The fourth-order valence-electron chi connectivity index (χ4n) is 3.81. The second kappa shape index (κ2) is 12.2. The zero-order valence-corrected chi connectivity index (χ0v) is 20.1. The normalized spacial score (nSPS) is 23.3. The van der Waals surface area contributed by atoms with E-state index < -0.39 is 111 Å². The van der Waals surface area contributed by atoms with Crippen molar-refractivity contribution in [2.45, 2.75) is 100 Å². The molecule has 1 nitrogen and oxygen atoms in total. The minimum Gasteiger partial charge on any atom is -0.367 e. The minimum atomic E-state index is -7.16. The van der Waals surface area contributed by atoms with Crippen LogP contribution in [-0.2, 0) is 4.74 Å². The smallest absolute Gasteiger partial charge is 0.367 e. The summed E-state index contributed by atoms with van der Waals surface area (Å²) in [7, 11) is 0. The Bertz CT molecular complexity index is 779. The molecule has 8 atom stereocenters. The number of halogens is 24. The highest BCUT2D eigenvalue weighted by Gasteiger charge is 2.74. The highest BCUT2D eigenvalue weighted by molar-refractivity contribution is 5.09. The molecule has 0 rings (SSSR count). The van der Waals surface area contributed by atoms with Crippen LogP contribution in [0.2, 0.25) is 0 Å². The molecule has 0 aromatic carbocycles. The maximum absolute atomic E-state index is 14.4. The van der Waals surface area contributed by atoms with Gasteiger partial charge in [0.15, 0.2) is 0 Å². The van der Waals surface area contributed by atoms with Gasteiger partial charge in [-0.25, -0.2) is 26.3 Å². The molecule has 0 heterocycles. The minimum absolute atomic E-state index is 1.35. The maximum Gasteiger partial charge on any atom is 0.422 e. The van der Waals surface area contributed by atoms with E-state index in [1.54, 1.807) is 0 Å². The summed E-state index contributed by atoms with van der Waals surface area (Å²) in [6.45, 7) is -2.70. The fraction of sp³-hybridized carbons (Fsp3) is 1.00. The van der Waals surface area contributed by atoms with Crippen LogP contribution in [0.3, 0.4) is 0 Å². The van der Waals surface area contributed by atoms with E-state index in [1.165, 1.54) is 0 Å². The van der Waals surface area contributed by atoms with Gasteiger partial charge in [-0.1, -0.05) is 13.8 Å².